The minimum absolute atomic E-state index is 0.0377. The average molecular weight is 239 g/mol. The molecule has 0 aliphatic carbocycles. The Morgan fingerprint density at radius 3 is 2.38 bits per heavy atom. The van der Waals surface area contributed by atoms with Crippen LogP contribution in [0.1, 0.15) is 26.3 Å². The smallest absolute Gasteiger partial charge is 0.164 e. The fourth-order valence-corrected chi connectivity index (χ4v) is 1.63. The van der Waals surface area contributed by atoms with Crippen LogP contribution in [0.5, 0.6) is 0 Å². The summed E-state index contributed by atoms with van der Waals surface area (Å²) in [6.45, 7) is 5.21. The Morgan fingerprint density at radius 1 is 1.31 bits per heavy atom. The van der Waals surface area contributed by atoms with Crippen LogP contribution in [0, 0.1) is 5.92 Å². The molecule has 0 spiro atoms. The summed E-state index contributed by atoms with van der Waals surface area (Å²) in [7, 11) is 0. The predicted octanol–water partition coefficient (Wildman–Crippen LogP) is 3.85. The summed E-state index contributed by atoms with van der Waals surface area (Å²) in [6.07, 6.45) is 0. The van der Waals surface area contributed by atoms with E-state index in [9.17, 15) is 9.90 Å². The molecule has 1 aromatic rings. The number of benzene rings is 1. The number of carbonyl (C=O) groups excluding carboxylic acids is 1. The minimum atomic E-state index is -0.135. The van der Waals surface area contributed by atoms with Crippen molar-refractivity contribution in [1.29, 1.82) is 0 Å². The van der Waals surface area contributed by atoms with E-state index in [1.807, 2.05) is 0 Å². The second kappa shape index (κ2) is 5.17. The van der Waals surface area contributed by atoms with E-state index in [2.05, 4.69) is 0 Å². The molecular weight excluding hydrogens is 224 g/mol. The number of aliphatic hydroxyl groups is 1. The van der Waals surface area contributed by atoms with Gasteiger partial charge in [0.15, 0.2) is 5.78 Å². The summed E-state index contributed by atoms with van der Waals surface area (Å²) in [4.78, 5) is 11.7. The molecule has 0 radical (unpaired) electrons. The van der Waals surface area contributed by atoms with Crippen molar-refractivity contribution in [2.75, 3.05) is 0 Å². The van der Waals surface area contributed by atoms with E-state index < -0.39 is 0 Å². The Morgan fingerprint density at radius 2 is 1.88 bits per heavy atom. The molecule has 86 valence electrons. The molecule has 1 aromatic carbocycles. The monoisotopic (exact) mass is 238 g/mol. The van der Waals surface area contributed by atoms with Crippen LogP contribution in [0.3, 0.4) is 0 Å². The Bertz CT molecular complexity index is 433. The summed E-state index contributed by atoms with van der Waals surface area (Å²) in [5.41, 5.74) is 0.846. The van der Waals surface area contributed by atoms with Crippen molar-refractivity contribution < 1.29 is 9.90 Å². The number of aliphatic hydroxyl groups excluding tert-OH is 1. The van der Waals surface area contributed by atoms with Gasteiger partial charge >= 0.3 is 0 Å². The van der Waals surface area contributed by atoms with Gasteiger partial charge in [0.25, 0.3) is 0 Å². The first-order chi connectivity index (χ1) is 7.45. The number of Topliss-reactive ketones (excluding diaryl/α,β-unsaturated/α-hetero) is 1. The van der Waals surface area contributed by atoms with Gasteiger partial charge < -0.3 is 5.11 Å². The molecule has 3 heteroatoms. The van der Waals surface area contributed by atoms with Crippen molar-refractivity contribution in [3.8, 4) is 0 Å². The van der Waals surface area contributed by atoms with Crippen LogP contribution >= 0.6 is 11.6 Å². The van der Waals surface area contributed by atoms with E-state index in [0.29, 0.717) is 16.2 Å². The van der Waals surface area contributed by atoms with Gasteiger partial charge in [-0.2, -0.15) is 0 Å². The second-order valence-electron chi connectivity index (χ2n) is 3.97. The maximum absolute atomic E-state index is 11.7. The highest BCUT2D eigenvalue weighted by Gasteiger charge is 2.16. The number of ketones is 1. The summed E-state index contributed by atoms with van der Waals surface area (Å²) in [5.74, 6) is -0.244. The van der Waals surface area contributed by atoms with Crippen LogP contribution in [-0.2, 0) is 4.79 Å². The van der Waals surface area contributed by atoms with E-state index in [1.54, 1.807) is 45.0 Å². The molecule has 0 bridgehead atoms. The first-order valence-corrected chi connectivity index (χ1v) is 5.52. The first kappa shape index (κ1) is 12.8. The summed E-state index contributed by atoms with van der Waals surface area (Å²) in [5, 5.41) is 10.4. The van der Waals surface area contributed by atoms with Gasteiger partial charge in [0.1, 0.15) is 5.76 Å². The van der Waals surface area contributed by atoms with E-state index in [4.69, 9.17) is 11.6 Å². The third-order valence-corrected chi connectivity index (χ3v) is 2.71. The lowest BCUT2D eigenvalue weighted by atomic mass is 9.99. The van der Waals surface area contributed by atoms with Gasteiger partial charge in [-0.05, 0) is 19.1 Å². The maximum atomic E-state index is 11.7. The van der Waals surface area contributed by atoms with E-state index >= 15 is 0 Å². The third-order valence-electron chi connectivity index (χ3n) is 2.38. The molecular formula is C13H15ClO2. The molecule has 0 saturated carbocycles. The molecule has 0 heterocycles. The SMILES string of the molecule is CC(C(=O)C(C)C)=C(O)c1ccccc1Cl. The molecule has 0 aromatic heterocycles. The molecule has 1 rings (SSSR count). The number of hydrogen-bond acceptors (Lipinski definition) is 2. The molecule has 0 unspecified atom stereocenters. The van der Waals surface area contributed by atoms with Crippen molar-refractivity contribution in [3.05, 3.63) is 40.4 Å². The van der Waals surface area contributed by atoms with Crippen molar-refractivity contribution in [1.82, 2.24) is 0 Å². The summed E-state index contributed by atoms with van der Waals surface area (Å²) < 4.78 is 0. The number of hydrogen-bond donors (Lipinski definition) is 1. The largest absolute Gasteiger partial charge is 0.507 e. The van der Waals surface area contributed by atoms with Gasteiger partial charge in [-0.25, -0.2) is 0 Å². The van der Waals surface area contributed by atoms with Gasteiger partial charge in [0, 0.05) is 17.1 Å². The lowest BCUT2D eigenvalue weighted by molar-refractivity contribution is -0.118. The molecule has 0 aliphatic heterocycles. The summed E-state index contributed by atoms with van der Waals surface area (Å²) in [6, 6.07) is 6.91. The molecule has 2 nitrogen and oxygen atoms in total. The third kappa shape index (κ3) is 2.64. The van der Waals surface area contributed by atoms with Crippen LogP contribution in [0.25, 0.3) is 5.76 Å². The van der Waals surface area contributed by atoms with Gasteiger partial charge in [-0.3, -0.25) is 4.79 Å². The number of allylic oxidation sites excluding steroid dienone is 1. The predicted molar refractivity (Wildman–Crippen MR) is 66.5 cm³/mol. The fraction of sp³-hybridized carbons (Fsp3) is 0.308. The number of rotatable bonds is 3. The van der Waals surface area contributed by atoms with Gasteiger partial charge in [0.2, 0.25) is 0 Å². The maximum Gasteiger partial charge on any atom is 0.164 e. The Balaban J connectivity index is 3.19. The molecule has 0 amide bonds. The highest BCUT2D eigenvalue weighted by atomic mass is 35.5. The van der Waals surface area contributed by atoms with Crippen molar-refractivity contribution in [2.45, 2.75) is 20.8 Å². The highest BCUT2D eigenvalue weighted by Crippen LogP contribution is 2.25. The molecule has 0 aliphatic rings. The zero-order valence-corrected chi connectivity index (χ0v) is 10.4. The lowest BCUT2D eigenvalue weighted by Gasteiger charge is -2.09. The summed E-state index contributed by atoms with van der Waals surface area (Å²) >= 11 is 5.94. The van der Waals surface area contributed by atoms with Gasteiger partial charge in [0.05, 0.1) is 5.02 Å². The number of carbonyl (C=O) groups is 1. The topological polar surface area (TPSA) is 37.3 Å². The lowest BCUT2D eigenvalue weighted by Crippen LogP contribution is -2.10. The van der Waals surface area contributed by atoms with Crippen LogP contribution in [-0.4, -0.2) is 10.9 Å². The van der Waals surface area contributed by atoms with Crippen LogP contribution < -0.4 is 0 Å². The minimum Gasteiger partial charge on any atom is -0.507 e. The van der Waals surface area contributed by atoms with Crippen LogP contribution in [0.4, 0.5) is 0 Å². The van der Waals surface area contributed by atoms with Crippen LogP contribution in [0.2, 0.25) is 5.02 Å². The van der Waals surface area contributed by atoms with Crippen molar-refractivity contribution >= 4 is 23.1 Å². The van der Waals surface area contributed by atoms with Crippen molar-refractivity contribution in [3.63, 3.8) is 0 Å². The average Bonchev–Trinajstić information content (AvgIpc) is 2.26. The molecule has 1 N–H and O–H groups in total. The van der Waals surface area contributed by atoms with Crippen LogP contribution in [0.15, 0.2) is 29.8 Å². The quantitative estimate of drug-likeness (QED) is 0.642. The zero-order valence-electron chi connectivity index (χ0n) is 9.62. The fourth-order valence-electron chi connectivity index (χ4n) is 1.40. The first-order valence-electron chi connectivity index (χ1n) is 5.14. The molecule has 16 heavy (non-hydrogen) atoms. The Kier molecular flexibility index (Phi) is 4.13. The molecule has 0 atom stereocenters. The van der Waals surface area contributed by atoms with Gasteiger partial charge in [-0.15, -0.1) is 0 Å². The van der Waals surface area contributed by atoms with Crippen molar-refractivity contribution in [2.24, 2.45) is 5.92 Å². The Hall–Kier alpha value is -1.28. The number of halogens is 1. The molecule has 0 fully saturated rings. The zero-order chi connectivity index (χ0) is 12.3. The second-order valence-corrected chi connectivity index (χ2v) is 4.38. The van der Waals surface area contributed by atoms with E-state index in [-0.39, 0.29) is 17.5 Å². The Labute approximate surface area is 101 Å². The van der Waals surface area contributed by atoms with E-state index in [1.165, 1.54) is 0 Å². The normalized spacial score (nSPS) is 12.6. The molecule has 0 saturated heterocycles. The van der Waals surface area contributed by atoms with E-state index in [0.717, 1.165) is 0 Å². The highest BCUT2D eigenvalue weighted by molar-refractivity contribution is 6.32. The standard InChI is InChI=1S/C13H15ClO2/c1-8(2)12(15)9(3)13(16)10-6-4-5-7-11(10)14/h4-8,16H,1-3H3. The van der Waals surface area contributed by atoms with Gasteiger partial charge in [-0.1, -0.05) is 37.6 Å².